The van der Waals surface area contributed by atoms with Crippen molar-refractivity contribution >= 4 is 21.9 Å². The zero-order valence-electron chi connectivity index (χ0n) is 7.18. The first-order valence-electron chi connectivity index (χ1n) is 3.54. The lowest BCUT2D eigenvalue weighted by Crippen LogP contribution is -2.20. The van der Waals surface area contributed by atoms with Crippen molar-refractivity contribution in [2.24, 2.45) is 0 Å². The highest BCUT2D eigenvalue weighted by Crippen LogP contribution is 2.15. The molecule has 0 saturated carbocycles. The van der Waals surface area contributed by atoms with E-state index in [1.165, 1.54) is 13.3 Å². The van der Waals surface area contributed by atoms with Crippen molar-refractivity contribution in [1.82, 2.24) is 4.98 Å². The second-order valence-electron chi connectivity index (χ2n) is 2.46. The number of aromatic nitrogens is 1. The van der Waals surface area contributed by atoms with E-state index in [2.05, 4.69) is 25.7 Å². The van der Waals surface area contributed by atoms with Crippen molar-refractivity contribution in [2.45, 2.75) is 6.92 Å². The van der Waals surface area contributed by atoms with Crippen LogP contribution >= 0.6 is 15.9 Å². The Morgan fingerprint density at radius 1 is 1.62 bits per heavy atom. The average molecular weight is 246 g/mol. The number of rotatable bonds is 1. The highest BCUT2D eigenvalue weighted by molar-refractivity contribution is 9.10. The van der Waals surface area contributed by atoms with E-state index < -0.39 is 11.5 Å². The first kappa shape index (κ1) is 9.98. The zero-order chi connectivity index (χ0) is 10.0. The van der Waals surface area contributed by atoms with Crippen molar-refractivity contribution in [3.05, 3.63) is 32.2 Å². The van der Waals surface area contributed by atoms with Crippen LogP contribution in [0.4, 0.5) is 0 Å². The summed E-state index contributed by atoms with van der Waals surface area (Å²) in [5, 5.41) is 0. The molecular formula is C8H8BrNO3. The molecule has 0 atom stereocenters. The lowest BCUT2D eigenvalue weighted by atomic mass is 10.1. The molecule has 4 nitrogen and oxygen atoms in total. The first-order valence-corrected chi connectivity index (χ1v) is 4.33. The summed E-state index contributed by atoms with van der Waals surface area (Å²) >= 11 is 3.20. The molecule has 1 aromatic rings. The Labute approximate surface area is 83.1 Å². The molecule has 5 heteroatoms. The molecule has 1 N–H and O–H groups in total. The maximum atomic E-state index is 11.2. The Bertz CT molecular complexity index is 397. The summed E-state index contributed by atoms with van der Waals surface area (Å²) in [5.74, 6) is -0.625. The summed E-state index contributed by atoms with van der Waals surface area (Å²) in [6, 6.07) is 0. The second-order valence-corrected chi connectivity index (χ2v) is 3.31. The van der Waals surface area contributed by atoms with Crippen LogP contribution in [-0.4, -0.2) is 18.1 Å². The minimum Gasteiger partial charge on any atom is -0.465 e. The molecule has 0 aliphatic heterocycles. The second kappa shape index (κ2) is 3.74. The van der Waals surface area contributed by atoms with Crippen LogP contribution in [0.2, 0.25) is 0 Å². The number of pyridine rings is 1. The van der Waals surface area contributed by atoms with Crippen molar-refractivity contribution in [3.63, 3.8) is 0 Å². The summed E-state index contributed by atoms with van der Waals surface area (Å²) in [7, 11) is 1.24. The van der Waals surface area contributed by atoms with Gasteiger partial charge in [-0.05, 0) is 28.4 Å². The number of hydrogen-bond donors (Lipinski definition) is 1. The van der Waals surface area contributed by atoms with Crippen LogP contribution in [0.3, 0.4) is 0 Å². The predicted octanol–water partition coefficient (Wildman–Crippen LogP) is 1.23. The third kappa shape index (κ3) is 1.80. The molecule has 0 saturated heterocycles. The Balaban J connectivity index is 3.42. The molecule has 1 rings (SSSR count). The fourth-order valence-electron chi connectivity index (χ4n) is 0.947. The molecule has 0 bridgehead atoms. The molecular weight excluding hydrogens is 238 g/mol. The van der Waals surface area contributed by atoms with Crippen molar-refractivity contribution in [3.8, 4) is 0 Å². The largest absolute Gasteiger partial charge is 0.465 e. The van der Waals surface area contributed by atoms with Crippen LogP contribution in [0.15, 0.2) is 15.5 Å². The van der Waals surface area contributed by atoms with Gasteiger partial charge in [-0.25, -0.2) is 4.79 Å². The predicted molar refractivity (Wildman–Crippen MR) is 50.8 cm³/mol. The molecule has 0 aliphatic rings. The number of esters is 1. The molecule has 1 heterocycles. The quantitative estimate of drug-likeness (QED) is 0.758. The normalized spacial score (nSPS) is 9.77. The minimum atomic E-state index is -0.625. The van der Waals surface area contributed by atoms with Gasteiger partial charge < -0.3 is 9.72 Å². The SMILES string of the molecule is COC(=O)c1c(C)c(Br)c[nH]c1=O. The Hall–Kier alpha value is -1.10. The molecule has 0 unspecified atom stereocenters. The zero-order valence-corrected chi connectivity index (χ0v) is 8.77. The van der Waals surface area contributed by atoms with Crippen LogP contribution in [0.25, 0.3) is 0 Å². The van der Waals surface area contributed by atoms with Gasteiger partial charge in [0.15, 0.2) is 0 Å². The lowest BCUT2D eigenvalue weighted by molar-refractivity contribution is 0.0597. The summed E-state index contributed by atoms with van der Waals surface area (Å²) in [6.45, 7) is 1.67. The first-order chi connectivity index (χ1) is 6.07. The number of nitrogens with one attached hydrogen (secondary N) is 1. The van der Waals surface area contributed by atoms with E-state index in [4.69, 9.17) is 0 Å². The maximum absolute atomic E-state index is 11.2. The number of methoxy groups -OCH3 is 1. The van der Waals surface area contributed by atoms with E-state index in [1.54, 1.807) is 6.92 Å². The Morgan fingerprint density at radius 3 is 2.77 bits per heavy atom. The topological polar surface area (TPSA) is 59.2 Å². The van der Waals surface area contributed by atoms with Crippen molar-refractivity contribution in [2.75, 3.05) is 7.11 Å². The molecule has 13 heavy (non-hydrogen) atoms. The number of carbonyl (C=O) groups excluding carboxylic acids is 1. The van der Waals surface area contributed by atoms with Gasteiger partial charge in [0, 0.05) is 10.7 Å². The number of aromatic amines is 1. The third-order valence-corrected chi connectivity index (χ3v) is 2.50. The molecule has 0 aromatic carbocycles. The fourth-order valence-corrected chi connectivity index (χ4v) is 1.26. The van der Waals surface area contributed by atoms with Gasteiger partial charge in [-0.2, -0.15) is 0 Å². The summed E-state index contributed by atoms with van der Waals surface area (Å²) < 4.78 is 5.15. The summed E-state index contributed by atoms with van der Waals surface area (Å²) in [4.78, 5) is 24.8. The molecule has 0 spiro atoms. The minimum absolute atomic E-state index is 0.0388. The molecule has 0 fully saturated rings. The third-order valence-electron chi connectivity index (χ3n) is 1.68. The number of H-pyrrole nitrogens is 1. The smallest absolute Gasteiger partial charge is 0.343 e. The van der Waals surface area contributed by atoms with Gasteiger partial charge in [0.2, 0.25) is 0 Å². The number of ether oxygens (including phenoxy) is 1. The lowest BCUT2D eigenvalue weighted by Gasteiger charge is -2.03. The van der Waals surface area contributed by atoms with Gasteiger partial charge in [0.05, 0.1) is 7.11 Å². The van der Waals surface area contributed by atoms with Gasteiger partial charge in [-0.1, -0.05) is 0 Å². The van der Waals surface area contributed by atoms with Crippen LogP contribution in [0, 0.1) is 6.92 Å². The highest BCUT2D eigenvalue weighted by atomic mass is 79.9. The maximum Gasteiger partial charge on any atom is 0.343 e. The van der Waals surface area contributed by atoms with Crippen LogP contribution in [-0.2, 0) is 4.74 Å². The van der Waals surface area contributed by atoms with Crippen molar-refractivity contribution in [1.29, 1.82) is 0 Å². The van der Waals surface area contributed by atoms with E-state index in [0.717, 1.165) is 0 Å². The standard InChI is InChI=1S/C8H8BrNO3/c1-4-5(9)3-10-7(11)6(4)8(12)13-2/h3H,1-2H3,(H,10,11). The summed E-state index contributed by atoms with van der Waals surface area (Å²) in [5.41, 5.74) is 0.181. The van der Waals surface area contributed by atoms with Gasteiger partial charge in [0.1, 0.15) is 5.56 Å². The molecule has 0 aliphatic carbocycles. The van der Waals surface area contributed by atoms with Crippen LogP contribution in [0.5, 0.6) is 0 Å². The van der Waals surface area contributed by atoms with E-state index >= 15 is 0 Å². The van der Waals surface area contributed by atoms with E-state index in [1.807, 2.05) is 0 Å². The average Bonchev–Trinajstić information content (AvgIpc) is 2.12. The number of halogens is 1. The van der Waals surface area contributed by atoms with Gasteiger partial charge in [-0.15, -0.1) is 0 Å². The van der Waals surface area contributed by atoms with Crippen LogP contribution in [0.1, 0.15) is 15.9 Å². The van der Waals surface area contributed by atoms with Gasteiger partial charge >= 0.3 is 5.97 Å². The Kier molecular flexibility index (Phi) is 2.87. The molecule has 1 aromatic heterocycles. The van der Waals surface area contributed by atoms with Crippen LogP contribution < -0.4 is 5.56 Å². The van der Waals surface area contributed by atoms with E-state index in [-0.39, 0.29) is 5.56 Å². The van der Waals surface area contributed by atoms with Crippen molar-refractivity contribution < 1.29 is 9.53 Å². The molecule has 0 amide bonds. The van der Waals surface area contributed by atoms with Gasteiger partial charge in [-0.3, -0.25) is 4.79 Å². The van der Waals surface area contributed by atoms with E-state index in [9.17, 15) is 9.59 Å². The highest BCUT2D eigenvalue weighted by Gasteiger charge is 2.15. The monoisotopic (exact) mass is 245 g/mol. The number of hydrogen-bond acceptors (Lipinski definition) is 3. The Morgan fingerprint density at radius 2 is 2.23 bits per heavy atom. The van der Waals surface area contributed by atoms with Gasteiger partial charge in [0.25, 0.3) is 5.56 Å². The summed E-state index contributed by atoms with van der Waals surface area (Å²) in [6.07, 6.45) is 1.49. The van der Waals surface area contributed by atoms with E-state index in [0.29, 0.717) is 10.0 Å². The number of carbonyl (C=O) groups is 1. The molecule has 70 valence electrons. The molecule has 0 radical (unpaired) electrons. The fraction of sp³-hybridized carbons (Fsp3) is 0.250.